The average Bonchev–Trinajstić information content (AvgIpc) is 3.02. The summed E-state index contributed by atoms with van der Waals surface area (Å²) in [6.45, 7) is 5.24. The molecular weight excluding hydrogens is 306 g/mol. The third kappa shape index (κ3) is 4.21. The lowest BCUT2D eigenvalue weighted by Crippen LogP contribution is -2.46. The SMILES string of the molecule is Cc1ccc(CCNC(=O)[C@H](c2cccnc2)N2CCOCC2)o1. The van der Waals surface area contributed by atoms with Gasteiger partial charge >= 0.3 is 0 Å². The average molecular weight is 329 g/mol. The van der Waals surface area contributed by atoms with Crippen molar-refractivity contribution in [1.82, 2.24) is 15.2 Å². The number of hydrogen-bond acceptors (Lipinski definition) is 5. The van der Waals surface area contributed by atoms with Gasteiger partial charge in [0.2, 0.25) is 5.91 Å². The van der Waals surface area contributed by atoms with Crippen molar-refractivity contribution in [3.63, 3.8) is 0 Å². The Balaban J connectivity index is 1.64. The predicted molar refractivity (Wildman–Crippen MR) is 89.5 cm³/mol. The van der Waals surface area contributed by atoms with Crippen molar-refractivity contribution in [2.75, 3.05) is 32.8 Å². The number of aromatic nitrogens is 1. The molecule has 3 heterocycles. The first-order valence-electron chi connectivity index (χ1n) is 8.29. The van der Waals surface area contributed by atoms with Gasteiger partial charge in [-0.05, 0) is 30.7 Å². The standard InChI is InChI=1S/C18H23N3O3/c1-14-4-5-16(24-14)6-8-20-18(22)17(15-3-2-7-19-13-15)21-9-11-23-12-10-21/h2-5,7,13,17H,6,8-12H2,1H3,(H,20,22)/t17-/m0/s1. The number of nitrogens with zero attached hydrogens (tertiary/aromatic N) is 2. The highest BCUT2D eigenvalue weighted by Crippen LogP contribution is 2.21. The molecule has 24 heavy (non-hydrogen) atoms. The molecule has 1 N–H and O–H groups in total. The Hall–Kier alpha value is -2.18. The topological polar surface area (TPSA) is 67.6 Å². The van der Waals surface area contributed by atoms with Crippen LogP contribution in [0.15, 0.2) is 41.1 Å². The summed E-state index contributed by atoms with van der Waals surface area (Å²) in [6, 6.07) is 7.36. The van der Waals surface area contributed by atoms with E-state index in [1.54, 1.807) is 12.4 Å². The van der Waals surface area contributed by atoms with Crippen LogP contribution in [0.2, 0.25) is 0 Å². The predicted octanol–water partition coefficient (Wildman–Crippen LogP) is 1.72. The minimum absolute atomic E-state index is 0.00632. The molecule has 1 saturated heterocycles. The molecule has 6 nitrogen and oxygen atoms in total. The van der Waals surface area contributed by atoms with E-state index in [1.807, 2.05) is 31.2 Å². The fraction of sp³-hybridized carbons (Fsp3) is 0.444. The molecular formula is C18H23N3O3. The van der Waals surface area contributed by atoms with Crippen LogP contribution < -0.4 is 5.32 Å². The van der Waals surface area contributed by atoms with E-state index in [-0.39, 0.29) is 11.9 Å². The van der Waals surface area contributed by atoms with Crippen molar-refractivity contribution in [3.8, 4) is 0 Å². The molecule has 1 aliphatic rings. The van der Waals surface area contributed by atoms with Crippen LogP contribution in [0.3, 0.4) is 0 Å². The Morgan fingerprint density at radius 2 is 2.17 bits per heavy atom. The van der Waals surface area contributed by atoms with Gasteiger partial charge in [-0.2, -0.15) is 0 Å². The Labute approximate surface area is 141 Å². The monoisotopic (exact) mass is 329 g/mol. The zero-order valence-corrected chi connectivity index (χ0v) is 13.9. The van der Waals surface area contributed by atoms with Gasteiger partial charge < -0.3 is 14.5 Å². The molecule has 0 aromatic carbocycles. The number of pyridine rings is 1. The van der Waals surface area contributed by atoms with E-state index in [0.29, 0.717) is 26.2 Å². The van der Waals surface area contributed by atoms with Crippen LogP contribution in [0, 0.1) is 6.92 Å². The minimum atomic E-state index is -0.332. The Morgan fingerprint density at radius 3 is 2.83 bits per heavy atom. The van der Waals surface area contributed by atoms with Gasteiger partial charge in [0.15, 0.2) is 0 Å². The highest BCUT2D eigenvalue weighted by Gasteiger charge is 2.28. The van der Waals surface area contributed by atoms with Crippen LogP contribution in [0.5, 0.6) is 0 Å². The van der Waals surface area contributed by atoms with Crippen LogP contribution in [0.4, 0.5) is 0 Å². The summed E-state index contributed by atoms with van der Waals surface area (Å²) in [7, 11) is 0. The van der Waals surface area contributed by atoms with Crippen molar-refractivity contribution in [2.24, 2.45) is 0 Å². The van der Waals surface area contributed by atoms with E-state index in [2.05, 4.69) is 15.2 Å². The van der Waals surface area contributed by atoms with Gasteiger partial charge in [0.1, 0.15) is 17.6 Å². The third-order valence-corrected chi connectivity index (χ3v) is 4.13. The Morgan fingerprint density at radius 1 is 1.33 bits per heavy atom. The molecule has 1 atom stereocenters. The first-order chi connectivity index (χ1) is 11.7. The first-order valence-corrected chi connectivity index (χ1v) is 8.29. The van der Waals surface area contributed by atoms with Gasteiger partial charge in [-0.1, -0.05) is 6.07 Å². The first kappa shape index (κ1) is 16.7. The number of aryl methyl sites for hydroxylation is 1. The van der Waals surface area contributed by atoms with E-state index in [4.69, 9.17) is 9.15 Å². The quantitative estimate of drug-likeness (QED) is 0.874. The summed E-state index contributed by atoms with van der Waals surface area (Å²) >= 11 is 0. The fourth-order valence-corrected chi connectivity index (χ4v) is 2.93. The molecule has 0 bridgehead atoms. The smallest absolute Gasteiger partial charge is 0.242 e. The molecule has 0 unspecified atom stereocenters. The highest BCUT2D eigenvalue weighted by atomic mass is 16.5. The summed E-state index contributed by atoms with van der Waals surface area (Å²) in [6.07, 6.45) is 4.16. The number of furan rings is 1. The molecule has 2 aromatic heterocycles. The number of morpholine rings is 1. The molecule has 0 aliphatic carbocycles. The third-order valence-electron chi connectivity index (χ3n) is 4.13. The molecule has 1 fully saturated rings. The van der Waals surface area contributed by atoms with Crippen LogP contribution >= 0.6 is 0 Å². The second-order valence-electron chi connectivity index (χ2n) is 5.89. The molecule has 6 heteroatoms. The minimum Gasteiger partial charge on any atom is -0.466 e. The van der Waals surface area contributed by atoms with Crippen molar-refractivity contribution in [1.29, 1.82) is 0 Å². The van der Waals surface area contributed by atoms with Crippen molar-refractivity contribution >= 4 is 5.91 Å². The van der Waals surface area contributed by atoms with Crippen LogP contribution in [0.25, 0.3) is 0 Å². The van der Waals surface area contributed by atoms with Gasteiger partial charge in [0, 0.05) is 38.4 Å². The van der Waals surface area contributed by atoms with E-state index in [9.17, 15) is 4.79 Å². The van der Waals surface area contributed by atoms with Crippen molar-refractivity contribution in [3.05, 3.63) is 53.7 Å². The Kier molecular flexibility index (Phi) is 5.61. The number of carbonyl (C=O) groups excluding carboxylic acids is 1. The molecule has 0 spiro atoms. The van der Waals surface area contributed by atoms with Crippen LogP contribution in [-0.4, -0.2) is 48.6 Å². The summed E-state index contributed by atoms with van der Waals surface area (Å²) in [5, 5.41) is 3.03. The molecule has 0 saturated carbocycles. The van der Waals surface area contributed by atoms with Crippen LogP contribution in [0.1, 0.15) is 23.1 Å². The number of carbonyl (C=O) groups is 1. The number of rotatable bonds is 6. The Bertz CT molecular complexity index is 651. The molecule has 2 aromatic rings. The van der Waals surface area contributed by atoms with Crippen LogP contribution in [-0.2, 0) is 16.0 Å². The van der Waals surface area contributed by atoms with Gasteiger partial charge in [-0.25, -0.2) is 0 Å². The summed E-state index contributed by atoms with van der Waals surface area (Å²) in [5.74, 6) is 1.77. The highest BCUT2D eigenvalue weighted by molar-refractivity contribution is 5.83. The zero-order chi connectivity index (χ0) is 16.8. The lowest BCUT2D eigenvalue weighted by molar-refractivity contribution is -0.128. The summed E-state index contributed by atoms with van der Waals surface area (Å²) in [5.41, 5.74) is 0.908. The number of hydrogen-bond donors (Lipinski definition) is 1. The number of amides is 1. The largest absolute Gasteiger partial charge is 0.466 e. The van der Waals surface area contributed by atoms with Gasteiger partial charge in [-0.15, -0.1) is 0 Å². The maximum atomic E-state index is 12.8. The van der Waals surface area contributed by atoms with E-state index in [0.717, 1.165) is 30.2 Å². The van der Waals surface area contributed by atoms with E-state index >= 15 is 0 Å². The van der Waals surface area contributed by atoms with E-state index < -0.39 is 0 Å². The lowest BCUT2D eigenvalue weighted by atomic mass is 10.1. The maximum absolute atomic E-state index is 12.8. The van der Waals surface area contributed by atoms with Crippen molar-refractivity contribution < 1.29 is 13.9 Å². The van der Waals surface area contributed by atoms with Gasteiger partial charge in [0.25, 0.3) is 0 Å². The van der Waals surface area contributed by atoms with E-state index in [1.165, 1.54) is 0 Å². The second-order valence-corrected chi connectivity index (χ2v) is 5.89. The maximum Gasteiger partial charge on any atom is 0.242 e. The van der Waals surface area contributed by atoms with Gasteiger partial charge in [-0.3, -0.25) is 14.7 Å². The zero-order valence-electron chi connectivity index (χ0n) is 13.9. The van der Waals surface area contributed by atoms with Gasteiger partial charge in [0.05, 0.1) is 13.2 Å². The molecule has 3 rings (SSSR count). The molecule has 1 aliphatic heterocycles. The normalized spacial score (nSPS) is 16.7. The van der Waals surface area contributed by atoms with Crippen molar-refractivity contribution in [2.45, 2.75) is 19.4 Å². The summed E-state index contributed by atoms with van der Waals surface area (Å²) < 4.78 is 10.9. The fourth-order valence-electron chi connectivity index (χ4n) is 2.93. The lowest BCUT2D eigenvalue weighted by Gasteiger charge is -2.33. The number of ether oxygens (including phenoxy) is 1. The molecule has 0 radical (unpaired) electrons. The second kappa shape index (κ2) is 8.08. The molecule has 128 valence electrons. The number of nitrogens with one attached hydrogen (secondary N) is 1. The molecule has 1 amide bonds. The summed E-state index contributed by atoms with van der Waals surface area (Å²) in [4.78, 5) is 19.1.